The topological polar surface area (TPSA) is 87.7 Å². The summed E-state index contributed by atoms with van der Waals surface area (Å²) in [4.78, 5) is 22.2. The molecule has 110 valence electrons. The molecule has 1 aromatic rings. The third-order valence-electron chi connectivity index (χ3n) is 2.61. The first-order valence-corrected chi connectivity index (χ1v) is 6.38. The molecular formula is C14H20N2O4. The average molecular weight is 280 g/mol. The van der Waals surface area contributed by atoms with E-state index in [-0.39, 0.29) is 18.5 Å². The quantitative estimate of drug-likeness (QED) is 0.711. The lowest BCUT2D eigenvalue weighted by atomic mass is 10.1. The van der Waals surface area contributed by atoms with Crippen molar-refractivity contribution in [1.82, 2.24) is 5.32 Å². The molecule has 6 nitrogen and oxygen atoms in total. The maximum Gasteiger partial charge on any atom is 0.319 e. The van der Waals surface area contributed by atoms with E-state index in [0.717, 1.165) is 5.56 Å². The summed E-state index contributed by atoms with van der Waals surface area (Å²) in [5.41, 5.74) is 1.50. The van der Waals surface area contributed by atoms with Crippen molar-refractivity contribution >= 4 is 17.7 Å². The van der Waals surface area contributed by atoms with E-state index in [0.29, 0.717) is 18.7 Å². The smallest absolute Gasteiger partial charge is 0.319 e. The fourth-order valence-corrected chi connectivity index (χ4v) is 1.74. The predicted octanol–water partition coefficient (Wildman–Crippen LogP) is 1.86. The fourth-order valence-electron chi connectivity index (χ4n) is 1.74. The zero-order valence-corrected chi connectivity index (χ0v) is 11.7. The molecule has 0 radical (unpaired) electrons. The Hall–Kier alpha value is -2.08. The van der Waals surface area contributed by atoms with Crippen LogP contribution in [0.2, 0.25) is 0 Å². The van der Waals surface area contributed by atoms with Crippen molar-refractivity contribution in [2.45, 2.75) is 25.8 Å². The molecule has 0 saturated heterocycles. The van der Waals surface area contributed by atoms with Gasteiger partial charge in [0.05, 0.1) is 12.6 Å². The lowest BCUT2D eigenvalue weighted by Gasteiger charge is -2.14. The summed E-state index contributed by atoms with van der Waals surface area (Å²) in [6, 6.07) is 6.74. The highest BCUT2D eigenvalue weighted by Crippen LogP contribution is 2.12. The first-order chi connectivity index (χ1) is 9.51. The zero-order chi connectivity index (χ0) is 15.0. The number of rotatable bonds is 7. The molecule has 1 atom stereocenters. The summed E-state index contributed by atoms with van der Waals surface area (Å²) in [6.45, 7) is 2.28. The highest BCUT2D eigenvalue weighted by atomic mass is 16.5. The monoisotopic (exact) mass is 280 g/mol. The third kappa shape index (κ3) is 6.19. The Morgan fingerprint density at radius 1 is 1.40 bits per heavy atom. The number of carbonyl (C=O) groups excluding carboxylic acids is 1. The largest absolute Gasteiger partial charge is 0.481 e. The van der Waals surface area contributed by atoms with Crippen LogP contribution in [0.15, 0.2) is 24.3 Å². The first kappa shape index (κ1) is 16.0. The van der Waals surface area contributed by atoms with E-state index >= 15 is 0 Å². The SMILES string of the molecule is COCC(C)NC(=O)Nc1cccc(CCC(=O)O)c1. The summed E-state index contributed by atoms with van der Waals surface area (Å²) in [7, 11) is 1.57. The van der Waals surface area contributed by atoms with Gasteiger partial charge >= 0.3 is 12.0 Å². The fraction of sp³-hybridized carbons (Fsp3) is 0.429. The Bertz CT molecular complexity index is 462. The van der Waals surface area contributed by atoms with Crippen molar-refractivity contribution in [3.8, 4) is 0 Å². The number of carbonyl (C=O) groups is 2. The highest BCUT2D eigenvalue weighted by molar-refractivity contribution is 5.89. The van der Waals surface area contributed by atoms with Gasteiger partial charge in [-0.25, -0.2) is 4.79 Å². The summed E-state index contributed by atoms with van der Waals surface area (Å²) in [5, 5.41) is 14.1. The molecule has 0 aliphatic heterocycles. The maximum absolute atomic E-state index is 11.7. The lowest BCUT2D eigenvalue weighted by molar-refractivity contribution is -0.136. The van der Waals surface area contributed by atoms with Gasteiger partial charge in [-0.3, -0.25) is 4.79 Å². The number of methoxy groups -OCH3 is 1. The van der Waals surface area contributed by atoms with Crippen molar-refractivity contribution in [3.63, 3.8) is 0 Å². The van der Waals surface area contributed by atoms with Gasteiger partial charge in [0, 0.05) is 19.2 Å². The number of aryl methyl sites for hydroxylation is 1. The number of carboxylic acids is 1. The van der Waals surface area contributed by atoms with E-state index in [9.17, 15) is 9.59 Å². The number of urea groups is 1. The van der Waals surface area contributed by atoms with Crippen molar-refractivity contribution in [3.05, 3.63) is 29.8 Å². The molecule has 0 spiro atoms. The molecule has 2 amide bonds. The minimum atomic E-state index is -0.838. The van der Waals surface area contributed by atoms with Crippen molar-refractivity contribution in [2.24, 2.45) is 0 Å². The van der Waals surface area contributed by atoms with Crippen LogP contribution in [-0.2, 0) is 16.0 Å². The van der Waals surface area contributed by atoms with E-state index in [2.05, 4.69) is 10.6 Å². The van der Waals surface area contributed by atoms with Crippen LogP contribution in [0.5, 0.6) is 0 Å². The van der Waals surface area contributed by atoms with Gasteiger partial charge in [0.2, 0.25) is 0 Å². The van der Waals surface area contributed by atoms with Gasteiger partial charge in [-0.15, -0.1) is 0 Å². The molecule has 0 heterocycles. The van der Waals surface area contributed by atoms with Gasteiger partial charge < -0.3 is 20.5 Å². The van der Waals surface area contributed by atoms with Gasteiger partial charge in [-0.05, 0) is 31.0 Å². The van der Waals surface area contributed by atoms with Gasteiger partial charge in [-0.1, -0.05) is 12.1 Å². The summed E-state index contributed by atoms with van der Waals surface area (Å²) >= 11 is 0. The molecule has 3 N–H and O–H groups in total. The second-order valence-corrected chi connectivity index (χ2v) is 4.55. The Kier molecular flexibility index (Phi) is 6.52. The number of hydrogen-bond acceptors (Lipinski definition) is 3. The Morgan fingerprint density at radius 2 is 2.15 bits per heavy atom. The van der Waals surface area contributed by atoms with Crippen LogP contribution < -0.4 is 10.6 Å². The number of amides is 2. The number of carboxylic acid groups (broad SMARTS) is 1. The predicted molar refractivity (Wildman–Crippen MR) is 75.9 cm³/mol. The number of ether oxygens (including phenoxy) is 1. The van der Waals surface area contributed by atoms with Gasteiger partial charge in [0.1, 0.15) is 0 Å². The number of anilines is 1. The number of nitrogens with one attached hydrogen (secondary N) is 2. The molecule has 20 heavy (non-hydrogen) atoms. The first-order valence-electron chi connectivity index (χ1n) is 6.38. The van der Waals surface area contributed by atoms with Crippen molar-refractivity contribution in [2.75, 3.05) is 19.0 Å². The summed E-state index contributed by atoms with van der Waals surface area (Å²) in [5.74, 6) is -0.838. The molecule has 0 aliphatic rings. The maximum atomic E-state index is 11.7. The van der Waals surface area contributed by atoms with Gasteiger partial charge in [0.15, 0.2) is 0 Å². The molecule has 0 saturated carbocycles. The third-order valence-corrected chi connectivity index (χ3v) is 2.61. The molecule has 6 heteroatoms. The zero-order valence-electron chi connectivity index (χ0n) is 11.7. The van der Waals surface area contributed by atoms with Crippen LogP contribution in [0.3, 0.4) is 0 Å². The minimum absolute atomic E-state index is 0.0700. The molecular weight excluding hydrogens is 260 g/mol. The van der Waals surface area contributed by atoms with E-state index in [1.165, 1.54) is 0 Å². The Balaban J connectivity index is 2.52. The standard InChI is InChI=1S/C14H20N2O4/c1-10(9-20-2)15-14(19)16-12-5-3-4-11(8-12)6-7-13(17)18/h3-5,8,10H,6-7,9H2,1-2H3,(H,17,18)(H2,15,16,19). The van der Waals surface area contributed by atoms with Gasteiger partial charge in [-0.2, -0.15) is 0 Å². The molecule has 0 aromatic heterocycles. The number of aliphatic carboxylic acids is 1. The van der Waals surface area contributed by atoms with Crippen LogP contribution in [0, 0.1) is 0 Å². The second kappa shape index (κ2) is 8.16. The highest BCUT2D eigenvalue weighted by Gasteiger charge is 2.07. The van der Waals surface area contributed by atoms with Crippen LogP contribution in [-0.4, -0.2) is 36.9 Å². The molecule has 1 rings (SSSR count). The number of hydrogen-bond donors (Lipinski definition) is 3. The second-order valence-electron chi connectivity index (χ2n) is 4.55. The van der Waals surface area contributed by atoms with E-state index in [4.69, 9.17) is 9.84 Å². The number of benzene rings is 1. The van der Waals surface area contributed by atoms with E-state index in [1.807, 2.05) is 13.0 Å². The van der Waals surface area contributed by atoms with E-state index < -0.39 is 5.97 Å². The molecule has 0 bridgehead atoms. The summed E-state index contributed by atoms with van der Waals surface area (Å²) in [6.07, 6.45) is 0.507. The van der Waals surface area contributed by atoms with Crippen molar-refractivity contribution in [1.29, 1.82) is 0 Å². The van der Waals surface area contributed by atoms with Crippen LogP contribution in [0.25, 0.3) is 0 Å². The molecule has 1 aromatic carbocycles. The average Bonchev–Trinajstić information content (AvgIpc) is 2.36. The van der Waals surface area contributed by atoms with Gasteiger partial charge in [0.25, 0.3) is 0 Å². The van der Waals surface area contributed by atoms with Crippen LogP contribution in [0.4, 0.5) is 10.5 Å². The van der Waals surface area contributed by atoms with Crippen LogP contribution >= 0.6 is 0 Å². The van der Waals surface area contributed by atoms with Crippen molar-refractivity contribution < 1.29 is 19.4 Å². The molecule has 0 fully saturated rings. The molecule has 1 unspecified atom stereocenters. The molecule has 0 aliphatic carbocycles. The lowest BCUT2D eigenvalue weighted by Crippen LogP contribution is -2.38. The summed E-state index contributed by atoms with van der Waals surface area (Å²) < 4.78 is 4.93. The van der Waals surface area contributed by atoms with Crippen LogP contribution in [0.1, 0.15) is 18.9 Å². The Morgan fingerprint density at radius 3 is 2.80 bits per heavy atom. The Labute approximate surface area is 118 Å². The normalized spacial score (nSPS) is 11.7. The van der Waals surface area contributed by atoms with E-state index in [1.54, 1.807) is 25.3 Å². The minimum Gasteiger partial charge on any atom is -0.481 e.